The predicted molar refractivity (Wildman–Crippen MR) is 176 cm³/mol. The molecule has 8 nitrogen and oxygen atoms in total. The Balaban J connectivity index is 1.41. The Morgan fingerprint density at radius 2 is 1.33 bits per heavy atom. The van der Waals surface area contributed by atoms with Crippen LogP contribution in [0.5, 0.6) is 11.5 Å². The van der Waals surface area contributed by atoms with Gasteiger partial charge in [0.2, 0.25) is 0 Å². The van der Waals surface area contributed by atoms with Gasteiger partial charge in [-0.05, 0) is 91.1 Å². The van der Waals surface area contributed by atoms with E-state index < -0.39 is 23.9 Å². The van der Waals surface area contributed by atoms with Gasteiger partial charge in [0, 0.05) is 29.1 Å². The number of ether oxygens (including phenoxy) is 4. The molecular formula is C38H36O8. The molecule has 236 valence electrons. The van der Waals surface area contributed by atoms with Crippen molar-refractivity contribution in [2.75, 3.05) is 6.61 Å². The van der Waals surface area contributed by atoms with Crippen LogP contribution in [-0.4, -0.2) is 30.5 Å². The van der Waals surface area contributed by atoms with Gasteiger partial charge in [0.05, 0.1) is 12.2 Å². The number of benzene rings is 3. The van der Waals surface area contributed by atoms with E-state index in [4.69, 9.17) is 18.9 Å². The van der Waals surface area contributed by atoms with E-state index in [1.807, 2.05) is 37.3 Å². The lowest BCUT2D eigenvalue weighted by molar-refractivity contribution is -0.135. The third-order valence-corrected chi connectivity index (χ3v) is 7.20. The average molecular weight is 621 g/mol. The van der Waals surface area contributed by atoms with Gasteiger partial charge >= 0.3 is 23.9 Å². The van der Waals surface area contributed by atoms with Crippen LogP contribution in [0.1, 0.15) is 55.6 Å². The number of allylic oxidation sites excluding steroid dienone is 4. The summed E-state index contributed by atoms with van der Waals surface area (Å²) in [6.45, 7) is 17.5. The second-order valence-electron chi connectivity index (χ2n) is 11.3. The van der Waals surface area contributed by atoms with Crippen molar-refractivity contribution in [3.63, 3.8) is 0 Å². The molecule has 0 radical (unpaired) electrons. The summed E-state index contributed by atoms with van der Waals surface area (Å²) in [5.41, 5.74) is 4.00. The molecule has 4 rings (SSSR count). The smallest absolute Gasteiger partial charge is 0.338 e. The Morgan fingerprint density at radius 1 is 0.717 bits per heavy atom. The quantitative estimate of drug-likeness (QED) is 0.122. The molecule has 8 heteroatoms. The average Bonchev–Trinajstić information content (AvgIpc) is 3.02. The summed E-state index contributed by atoms with van der Waals surface area (Å²) in [4.78, 5) is 49.0. The van der Waals surface area contributed by atoms with Crippen molar-refractivity contribution in [2.24, 2.45) is 5.92 Å². The Labute approximate surface area is 268 Å². The molecule has 0 aromatic heterocycles. The summed E-state index contributed by atoms with van der Waals surface area (Å²) in [6, 6.07) is 16.2. The van der Waals surface area contributed by atoms with Crippen molar-refractivity contribution in [3.05, 3.63) is 126 Å². The summed E-state index contributed by atoms with van der Waals surface area (Å²) < 4.78 is 21.6. The minimum absolute atomic E-state index is 0.0334. The van der Waals surface area contributed by atoms with Gasteiger partial charge in [0.15, 0.2) is 11.5 Å². The van der Waals surface area contributed by atoms with Crippen molar-refractivity contribution in [1.29, 1.82) is 0 Å². The molecule has 0 saturated heterocycles. The first kappa shape index (κ1) is 33.4. The fourth-order valence-corrected chi connectivity index (χ4v) is 4.55. The molecule has 0 aliphatic heterocycles. The van der Waals surface area contributed by atoms with E-state index in [2.05, 4.69) is 25.8 Å². The highest BCUT2D eigenvalue weighted by Crippen LogP contribution is 2.34. The van der Waals surface area contributed by atoms with E-state index in [1.165, 1.54) is 19.9 Å². The first-order valence-electron chi connectivity index (χ1n) is 14.7. The summed E-state index contributed by atoms with van der Waals surface area (Å²) in [5, 5.41) is 1.86. The lowest BCUT2D eigenvalue weighted by Gasteiger charge is -2.21. The van der Waals surface area contributed by atoms with Crippen LogP contribution < -0.4 is 9.47 Å². The predicted octanol–water partition coefficient (Wildman–Crippen LogP) is 7.63. The summed E-state index contributed by atoms with van der Waals surface area (Å²) in [6.07, 6.45) is 4.83. The zero-order valence-corrected chi connectivity index (χ0v) is 26.4. The third-order valence-electron chi connectivity index (χ3n) is 7.20. The Morgan fingerprint density at radius 3 is 1.98 bits per heavy atom. The monoisotopic (exact) mass is 620 g/mol. The van der Waals surface area contributed by atoms with Crippen LogP contribution in [0.2, 0.25) is 0 Å². The fraction of sp³-hybridized carbons (Fsp3) is 0.211. The number of hydrogen-bond donors (Lipinski definition) is 0. The minimum Gasteiger partial charge on any atom is -0.462 e. The van der Waals surface area contributed by atoms with Crippen molar-refractivity contribution < 1.29 is 38.1 Å². The second kappa shape index (κ2) is 14.5. The molecule has 0 heterocycles. The summed E-state index contributed by atoms with van der Waals surface area (Å²) in [7, 11) is 0. The molecule has 3 aromatic rings. The highest BCUT2D eigenvalue weighted by atomic mass is 16.6. The first-order valence-corrected chi connectivity index (χ1v) is 14.7. The maximum atomic E-state index is 12.9. The van der Waals surface area contributed by atoms with Crippen LogP contribution in [0.3, 0.4) is 0 Å². The normalized spacial score (nSPS) is 14.0. The fourth-order valence-electron chi connectivity index (χ4n) is 4.55. The molecule has 1 atom stereocenters. The topological polar surface area (TPSA) is 105 Å². The molecule has 0 fully saturated rings. The SMILES string of the molecule is C=C(C)C(=O)OC1=CC=C(c2ccc3cc(C(=O)OCCc4ccc(OC(=O)C(=C)C)c(OC(=O)C(=C)C)c4)ccc3c2)CC1C. The molecule has 1 aliphatic rings. The Hall–Kier alpha value is -5.50. The first-order chi connectivity index (χ1) is 21.8. The van der Waals surface area contributed by atoms with Crippen LogP contribution >= 0.6 is 0 Å². The van der Waals surface area contributed by atoms with Gasteiger partial charge in [-0.3, -0.25) is 0 Å². The van der Waals surface area contributed by atoms with Gasteiger partial charge in [-0.25, -0.2) is 19.2 Å². The molecule has 0 amide bonds. The molecule has 0 saturated carbocycles. The van der Waals surface area contributed by atoms with E-state index in [0.717, 1.165) is 21.9 Å². The van der Waals surface area contributed by atoms with E-state index in [1.54, 1.807) is 31.2 Å². The number of esters is 4. The van der Waals surface area contributed by atoms with Gasteiger partial charge in [-0.15, -0.1) is 0 Å². The minimum atomic E-state index is -0.669. The number of carbonyl (C=O) groups excluding carboxylic acids is 4. The van der Waals surface area contributed by atoms with Crippen molar-refractivity contribution in [3.8, 4) is 11.5 Å². The van der Waals surface area contributed by atoms with E-state index in [9.17, 15) is 19.2 Å². The van der Waals surface area contributed by atoms with Gasteiger partial charge in [0.1, 0.15) is 5.76 Å². The zero-order chi connectivity index (χ0) is 33.5. The van der Waals surface area contributed by atoms with Crippen LogP contribution in [0.25, 0.3) is 16.3 Å². The van der Waals surface area contributed by atoms with Gasteiger partial charge in [0.25, 0.3) is 0 Å². The van der Waals surface area contributed by atoms with E-state index in [-0.39, 0.29) is 35.2 Å². The summed E-state index contributed by atoms with van der Waals surface area (Å²) in [5.74, 6) is -1.47. The summed E-state index contributed by atoms with van der Waals surface area (Å²) >= 11 is 0. The second-order valence-corrected chi connectivity index (χ2v) is 11.3. The lowest BCUT2D eigenvalue weighted by Crippen LogP contribution is -2.13. The van der Waals surface area contributed by atoms with Gasteiger partial charge in [-0.2, -0.15) is 0 Å². The van der Waals surface area contributed by atoms with Crippen LogP contribution in [-0.2, 0) is 30.3 Å². The van der Waals surface area contributed by atoms with Gasteiger partial charge in [-0.1, -0.05) is 57.0 Å². The largest absolute Gasteiger partial charge is 0.462 e. The number of carbonyl (C=O) groups is 4. The van der Waals surface area contributed by atoms with Crippen molar-refractivity contribution in [1.82, 2.24) is 0 Å². The molecule has 3 aromatic carbocycles. The van der Waals surface area contributed by atoms with Crippen molar-refractivity contribution in [2.45, 2.75) is 40.5 Å². The number of hydrogen-bond acceptors (Lipinski definition) is 8. The standard InChI is InChI=1S/C38H36O8/c1-22(2)35(39)44-32-15-13-27(18-25(32)7)28-9-10-30-21-31(12-11-29(30)20-28)38(42)43-17-16-26-8-14-33(45-36(40)23(3)4)34(19-26)46-37(41)24(5)6/h8-15,19-21,25H,1,3,5,16-18H2,2,4,6-7H3. The van der Waals surface area contributed by atoms with E-state index >= 15 is 0 Å². The molecule has 1 aliphatic carbocycles. The Kier molecular flexibility index (Phi) is 10.5. The maximum absolute atomic E-state index is 12.9. The highest BCUT2D eigenvalue weighted by Gasteiger charge is 2.21. The van der Waals surface area contributed by atoms with Crippen molar-refractivity contribution >= 4 is 40.2 Å². The number of fused-ring (bicyclic) bond motifs is 1. The zero-order valence-electron chi connectivity index (χ0n) is 26.4. The maximum Gasteiger partial charge on any atom is 0.338 e. The third kappa shape index (κ3) is 8.35. The van der Waals surface area contributed by atoms with Gasteiger partial charge < -0.3 is 18.9 Å². The molecule has 1 unspecified atom stereocenters. The molecule has 0 N–H and O–H groups in total. The highest BCUT2D eigenvalue weighted by molar-refractivity contribution is 5.96. The Bertz CT molecular complexity index is 1840. The van der Waals surface area contributed by atoms with Crippen LogP contribution in [0.4, 0.5) is 0 Å². The lowest BCUT2D eigenvalue weighted by atomic mass is 9.89. The van der Waals surface area contributed by atoms with E-state index in [0.29, 0.717) is 35.3 Å². The van der Waals surface area contributed by atoms with Crippen LogP contribution in [0.15, 0.2) is 109 Å². The molecular weight excluding hydrogens is 584 g/mol. The molecule has 0 bridgehead atoms. The molecule has 0 spiro atoms. The molecule has 46 heavy (non-hydrogen) atoms. The number of rotatable bonds is 11. The van der Waals surface area contributed by atoms with Crippen LogP contribution in [0, 0.1) is 5.92 Å².